The number of unbranched alkanes of at least 4 members (excludes halogenated alkanes) is 1. The van der Waals surface area contributed by atoms with Crippen LogP contribution in [-0.4, -0.2) is 45.9 Å². The van der Waals surface area contributed by atoms with Gasteiger partial charge in [-0.2, -0.15) is 0 Å². The van der Waals surface area contributed by atoms with Gasteiger partial charge in [-0.05, 0) is 44.4 Å². The van der Waals surface area contributed by atoms with Crippen molar-refractivity contribution in [1.29, 1.82) is 0 Å². The molecule has 0 bridgehead atoms. The molecule has 0 atom stereocenters. The first-order chi connectivity index (χ1) is 11.7. The average Bonchev–Trinajstić information content (AvgIpc) is 2.57. The second-order valence-corrected chi connectivity index (χ2v) is 5.95. The largest absolute Gasteiger partial charge is 0.492 e. The number of guanidine groups is 1. The van der Waals surface area contributed by atoms with E-state index >= 15 is 0 Å². The molecule has 0 heterocycles. The Bertz CT molecular complexity index is 499. The molecule has 0 fully saturated rings. The Morgan fingerprint density at radius 1 is 1.08 bits per heavy atom. The molecule has 0 saturated carbocycles. The van der Waals surface area contributed by atoms with Crippen LogP contribution in [0.25, 0.3) is 0 Å². The summed E-state index contributed by atoms with van der Waals surface area (Å²) in [6, 6.07) is 5.22. The molecule has 0 saturated heterocycles. The molecule has 1 aromatic rings. The minimum atomic E-state index is 0.528. The Morgan fingerprint density at radius 3 is 2.50 bits per heavy atom. The molecule has 24 heavy (non-hydrogen) atoms. The van der Waals surface area contributed by atoms with Crippen LogP contribution >= 0.6 is 23.2 Å². The molecule has 0 amide bonds. The van der Waals surface area contributed by atoms with Gasteiger partial charge in [-0.25, -0.2) is 0 Å². The van der Waals surface area contributed by atoms with Gasteiger partial charge in [0.25, 0.3) is 0 Å². The Morgan fingerprint density at radius 2 is 1.83 bits per heavy atom. The van der Waals surface area contributed by atoms with E-state index in [9.17, 15) is 0 Å². The van der Waals surface area contributed by atoms with E-state index in [1.807, 2.05) is 6.92 Å². The van der Waals surface area contributed by atoms with Crippen LogP contribution in [0.5, 0.6) is 5.75 Å². The van der Waals surface area contributed by atoms with Crippen molar-refractivity contribution < 1.29 is 9.47 Å². The minimum absolute atomic E-state index is 0.528. The number of hydrogen-bond donors (Lipinski definition) is 2. The van der Waals surface area contributed by atoms with Crippen molar-refractivity contribution in [2.24, 2.45) is 4.99 Å². The quantitative estimate of drug-likeness (QED) is 0.351. The van der Waals surface area contributed by atoms with Crippen LogP contribution in [-0.2, 0) is 4.74 Å². The number of rotatable bonds is 11. The molecule has 0 radical (unpaired) electrons. The lowest BCUT2D eigenvalue weighted by molar-refractivity contribution is 0.143. The van der Waals surface area contributed by atoms with Crippen LogP contribution in [0, 0.1) is 0 Å². The molecule has 0 aliphatic heterocycles. The number of benzene rings is 1. The lowest BCUT2D eigenvalue weighted by Crippen LogP contribution is -2.38. The molecule has 0 aromatic heterocycles. The molecule has 136 valence electrons. The highest BCUT2D eigenvalue weighted by molar-refractivity contribution is 6.35. The van der Waals surface area contributed by atoms with Gasteiger partial charge in [0, 0.05) is 38.4 Å². The molecular weight excluding hydrogens is 349 g/mol. The molecule has 0 spiro atoms. The maximum absolute atomic E-state index is 6.05. The zero-order valence-electron chi connectivity index (χ0n) is 14.4. The van der Waals surface area contributed by atoms with Crippen molar-refractivity contribution in [3.8, 4) is 5.75 Å². The van der Waals surface area contributed by atoms with Crippen molar-refractivity contribution in [2.75, 3.05) is 40.0 Å². The predicted octanol–water partition coefficient (Wildman–Crippen LogP) is 3.74. The summed E-state index contributed by atoms with van der Waals surface area (Å²) in [4.78, 5) is 4.19. The fourth-order valence-electron chi connectivity index (χ4n) is 1.95. The third-order valence-electron chi connectivity index (χ3n) is 3.20. The number of nitrogens with zero attached hydrogens (tertiary/aromatic N) is 1. The van der Waals surface area contributed by atoms with Crippen molar-refractivity contribution in [3.05, 3.63) is 28.2 Å². The van der Waals surface area contributed by atoms with Gasteiger partial charge >= 0.3 is 0 Å². The molecule has 0 unspecified atom stereocenters. The van der Waals surface area contributed by atoms with E-state index in [1.165, 1.54) is 0 Å². The summed E-state index contributed by atoms with van der Waals surface area (Å²) in [5.74, 6) is 1.45. The molecule has 0 aliphatic rings. The third kappa shape index (κ3) is 9.21. The molecule has 2 N–H and O–H groups in total. The van der Waals surface area contributed by atoms with E-state index in [4.69, 9.17) is 32.7 Å². The fourth-order valence-corrected chi connectivity index (χ4v) is 2.42. The van der Waals surface area contributed by atoms with Gasteiger partial charge in [-0.1, -0.05) is 23.2 Å². The van der Waals surface area contributed by atoms with Gasteiger partial charge in [0.1, 0.15) is 5.75 Å². The van der Waals surface area contributed by atoms with E-state index in [0.29, 0.717) is 22.4 Å². The predicted molar refractivity (Wildman–Crippen MR) is 102 cm³/mol. The van der Waals surface area contributed by atoms with Crippen LogP contribution in [0.2, 0.25) is 10.0 Å². The summed E-state index contributed by atoms with van der Waals surface area (Å²) < 4.78 is 10.9. The number of aliphatic imine (C=N–C) groups is 1. The highest BCUT2D eigenvalue weighted by Crippen LogP contribution is 2.27. The maximum Gasteiger partial charge on any atom is 0.190 e. The third-order valence-corrected chi connectivity index (χ3v) is 3.73. The highest BCUT2D eigenvalue weighted by Gasteiger charge is 2.02. The molecule has 7 heteroatoms. The first kappa shape index (κ1) is 20.9. The van der Waals surface area contributed by atoms with Gasteiger partial charge in [-0.15, -0.1) is 0 Å². The smallest absolute Gasteiger partial charge is 0.190 e. The van der Waals surface area contributed by atoms with E-state index in [2.05, 4.69) is 15.6 Å². The van der Waals surface area contributed by atoms with E-state index in [1.54, 1.807) is 25.2 Å². The fraction of sp³-hybridized carbons (Fsp3) is 0.588. The Kier molecular flexibility index (Phi) is 11.4. The first-order valence-electron chi connectivity index (χ1n) is 8.27. The van der Waals surface area contributed by atoms with E-state index in [-0.39, 0.29) is 0 Å². The van der Waals surface area contributed by atoms with Gasteiger partial charge in [0.15, 0.2) is 5.96 Å². The van der Waals surface area contributed by atoms with Gasteiger partial charge in [0.2, 0.25) is 0 Å². The first-order valence-corrected chi connectivity index (χ1v) is 9.03. The second kappa shape index (κ2) is 13.2. The lowest BCUT2D eigenvalue weighted by Gasteiger charge is -2.12. The molecule has 5 nitrogen and oxygen atoms in total. The number of nitrogens with one attached hydrogen (secondary N) is 2. The van der Waals surface area contributed by atoms with Gasteiger partial charge in [-0.3, -0.25) is 4.99 Å². The summed E-state index contributed by atoms with van der Waals surface area (Å²) in [5, 5.41) is 7.66. The Labute approximate surface area is 154 Å². The Hall–Kier alpha value is -1.17. The average molecular weight is 376 g/mol. The standard InChI is InChI=1S/C17H27Cl2N3O2/c1-3-23-11-5-4-9-21-17(20-2)22-10-6-12-24-16-8-7-14(18)13-15(16)19/h7-8,13H,3-6,9-12H2,1-2H3,(H2,20,21,22). The zero-order chi connectivity index (χ0) is 17.6. The molecule has 1 rings (SSSR count). The van der Waals surface area contributed by atoms with Crippen LogP contribution in [0.3, 0.4) is 0 Å². The van der Waals surface area contributed by atoms with E-state index in [0.717, 1.165) is 51.5 Å². The van der Waals surface area contributed by atoms with Gasteiger partial charge < -0.3 is 20.1 Å². The molecule has 1 aromatic carbocycles. The normalized spacial score (nSPS) is 11.4. The summed E-state index contributed by atoms with van der Waals surface area (Å²) in [6.07, 6.45) is 2.94. The number of ether oxygens (including phenoxy) is 2. The summed E-state index contributed by atoms with van der Waals surface area (Å²) in [5.41, 5.74) is 0. The van der Waals surface area contributed by atoms with Crippen molar-refractivity contribution in [2.45, 2.75) is 26.2 Å². The van der Waals surface area contributed by atoms with Crippen LogP contribution in [0.15, 0.2) is 23.2 Å². The molecular formula is C17H27Cl2N3O2. The van der Waals surface area contributed by atoms with Crippen molar-refractivity contribution in [1.82, 2.24) is 10.6 Å². The highest BCUT2D eigenvalue weighted by atomic mass is 35.5. The maximum atomic E-state index is 6.05. The molecule has 0 aliphatic carbocycles. The van der Waals surface area contributed by atoms with Crippen LogP contribution in [0.4, 0.5) is 0 Å². The number of hydrogen-bond acceptors (Lipinski definition) is 3. The summed E-state index contributed by atoms with van der Waals surface area (Å²) in [7, 11) is 1.76. The lowest BCUT2D eigenvalue weighted by atomic mass is 10.3. The minimum Gasteiger partial charge on any atom is -0.492 e. The van der Waals surface area contributed by atoms with Crippen LogP contribution < -0.4 is 15.4 Å². The van der Waals surface area contributed by atoms with E-state index < -0.39 is 0 Å². The zero-order valence-corrected chi connectivity index (χ0v) is 15.9. The van der Waals surface area contributed by atoms with Crippen molar-refractivity contribution in [3.63, 3.8) is 0 Å². The monoisotopic (exact) mass is 375 g/mol. The summed E-state index contributed by atoms with van der Waals surface area (Å²) >= 11 is 11.9. The Balaban J connectivity index is 2.10. The topological polar surface area (TPSA) is 54.9 Å². The summed E-state index contributed by atoms with van der Waals surface area (Å²) in [6.45, 7) is 5.82. The van der Waals surface area contributed by atoms with Crippen molar-refractivity contribution >= 4 is 29.2 Å². The van der Waals surface area contributed by atoms with Gasteiger partial charge in [0.05, 0.1) is 11.6 Å². The van der Waals surface area contributed by atoms with Crippen LogP contribution in [0.1, 0.15) is 26.2 Å². The SMILES string of the molecule is CCOCCCCNC(=NC)NCCCOc1ccc(Cl)cc1Cl. The second-order valence-electron chi connectivity index (χ2n) is 5.11. The number of halogens is 2.